The zero-order chi connectivity index (χ0) is 12.5. The molecule has 0 aromatic rings. The van der Waals surface area contributed by atoms with Gasteiger partial charge in [-0.2, -0.15) is 12.6 Å². The van der Waals surface area contributed by atoms with E-state index in [2.05, 4.69) is 19.6 Å². The standard InChI is InChI=1S/C17H30S/c1-2-3-16-14-7-4-12(14)5-8-15-13(10-11-18)6-9-17(15)16/h12-18H,2-11H2,1H3. The van der Waals surface area contributed by atoms with Crippen molar-refractivity contribution in [3.05, 3.63) is 0 Å². The van der Waals surface area contributed by atoms with Gasteiger partial charge in [0.15, 0.2) is 0 Å². The first kappa shape index (κ1) is 13.3. The minimum atomic E-state index is 1.03. The van der Waals surface area contributed by atoms with Crippen LogP contribution >= 0.6 is 12.6 Å². The maximum Gasteiger partial charge on any atom is -0.00952 e. The monoisotopic (exact) mass is 266 g/mol. The molecular formula is C17H30S. The zero-order valence-corrected chi connectivity index (χ0v) is 12.9. The van der Waals surface area contributed by atoms with E-state index in [0.29, 0.717) is 0 Å². The second-order valence-electron chi connectivity index (χ2n) is 7.21. The van der Waals surface area contributed by atoms with E-state index in [4.69, 9.17) is 0 Å². The normalized spacial score (nSPS) is 47.0. The van der Waals surface area contributed by atoms with E-state index in [1.165, 1.54) is 25.7 Å². The molecular weight excluding hydrogens is 236 g/mol. The molecule has 3 fully saturated rings. The molecule has 104 valence electrons. The highest BCUT2D eigenvalue weighted by molar-refractivity contribution is 7.80. The van der Waals surface area contributed by atoms with Crippen LogP contribution in [0, 0.1) is 35.5 Å². The van der Waals surface area contributed by atoms with Gasteiger partial charge in [-0.3, -0.25) is 0 Å². The summed E-state index contributed by atoms with van der Waals surface area (Å²) in [5.74, 6) is 7.69. The van der Waals surface area contributed by atoms with Crippen molar-refractivity contribution in [1.82, 2.24) is 0 Å². The highest BCUT2D eigenvalue weighted by Gasteiger charge is 2.48. The second kappa shape index (κ2) is 5.77. The van der Waals surface area contributed by atoms with Gasteiger partial charge in [-0.05, 0) is 86.2 Å². The van der Waals surface area contributed by atoms with Gasteiger partial charge in [0.2, 0.25) is 0 Å². The summed E-state index contributed by atoms with van der Waals surface area (Å²) in [7, 11) is 0. The third-order valence-electron chi connectivity index (χ3n) is 6.60. The van der Waals surface area contributed by atoms with E-state index in [1.807, 2.05) is 0 Å². The van der Waals surface area contributed by atoms with Crippen molar-refractivity contribution in [2.45, 2.75) is 64.7 Å². The number of fused-ring (bicyclic) bond motifs is 2. The summed E-state index contributed by atoms with van der Waals surface area (Å²) < 4.78 is 0. The molecule has 3 aliphatic carbocycles. The fraction of sp³-hybridized carbons (Fsp3) is 1.00. The van der Waals surface area contributed by atoms with E-state index >= 15 is 0 Å². The Morgan fingerprint density at radius 2 is 1.56 bits per heavy atom. The van der Waals surface area contributed by atoms with Gasteiger partial charge in [-0.1, -0.05) is 19.8 Å². The van der Waals surface area contributed by atoms with Crippen LogP contribution in [-0.2, 0) is 0 Å². The first-order chi connectivity index (χ1) is 8.85. The maximum atomic E-state index is 4.49. The van der Waals surface area contributed by atoms with E-state index in [9.17, 15) is 0 Å². The highest BCUT2D eigenvalue weighted by atomic mass is 32.1. The number of hydrogen-bond acceptors (Lipinski definition) is 1. The van der Waals surface area contributed by atoms with Gasteiger partial charge in [0.25, 0.3) is 0 Å². The minimum Gasteiger partial charge on any atom is -0.179 e. The molecule has 0 nitrogen and oxygen atoms in total. The van der Waals surface area contributed by atoms with Crippen LogP contribution in [0.4, 0.5) is 0 Å². The second-order valence-corrected chi connectivity index (χ2v) is 7.66. The van der Waals surface area contributed by atoms with E-state index < -0.39 is 0 Å². The molecule has 0 amide bonds. The first-order valence-corrected chi connectivity index (χ1v) is 9.09. The van der Waals surface area contributed by atoms with Crippen LogP contribution in [0.1, 0.15) is 64.7 Å². The smallest absolute Gasteiger partial charge is 0.00952 e. The Kier molecular flexibility index (Phi) is 4.28. The lowest BCUT2D eigenvalue weighted by Crippen LogP contribution is -2.34. The Labute approximate surface area is 119 Å². The molecule has 0 saturated heterocycles. The van der Waals surface area contributed by atoms with Gasteiger partial charge in [0.1, 0.15) is 0 Å². The fourth-order valence-corrected chi connectivity index (χ4v) is 6.02. The first-order valence-electron chi connectivity index (χ1n) is 8.46. The quantitative estimate of drug-likeness (QED) is 0.666. The highest BCUT2D eigenvalue weighted by Crippen LogP contribution is 2.57. The number of hydrogen-bond donors (Lipinski definition) is 1. The van der Waals surface area contributed by atoms with Crippen LogP contribution in [0.15, 0.2) is 0 Å². The van der Waals surface area contributed by atoms with Crippen LogP contribution < -0.4 is 0 Å². The van der Waals surface area contributed by atoms with E-state index in [1.54, 1.807) is 32.1 Å². The molecule has 18 heavy (non-hydrogen) atoms. The van der Waals surface area contributed by atoms with Crippen LogP contribution in [0.2, 0.25) is 0 Å². The molecule has 3 saturated carbocycles. The average Bonchev–Trinajstić information content (AvgIpc) is 2.67. The van der Waals surface area contributed by atoms with Crippen molar-refractivity contribution in [2.24, 2.45) is 35.5 Å². The SMILES string of the molecule is CCCC1C2CCC2CCC2C(CCS)CCC21. The largest absolute Gasteiger partial charge is 0.179 e. The molecule has 0 aromatic carbocycles. The van der Waals surface area contributed by atoms with Gasteiger partial charge in [-0.25, -0.2) is 0 Å². The lowest BCUT2D eigenvalue weighted by Gasteiger charge is -2.43. The maximum absolute atomic E-state index is 4.49. The molecule has 6 atom stereocenters. The van der Waals surface area contributed by atoms with Crippen molar-refractivity contribution in [3.63, 3.8) is 0 Å². The van der Waals surface area contributed by atoms with Gasteiger partial charge in [0.05, 0.1) is 0 Å². The summed E-state index contributed by atoms with van der Waals surface area (Å²) in [5, 5.41) is 0. The molecule has 0 radical (unpaired) electrons. The zero-order valence-electron chi connectivity index (χ0n) is 12.0. The molecule has 3 aliphatic rings. The van der Waals surface area contributed by atoms with Gasteiger partial charge < -0.3 is 0 Å². The molecule has 0 spiro atoms. The summed E-state index contributed by atoms with van der Waals surface area (Å²) in [5.41, 5.74) is 0. The molecule has 0 aliphatic heterocycles. The Bertz CT molecular complexity index is 275. The van der Waals surface area contributed by atoms with Gasteiger partial charge in [0, 0.05) is 0 Å². The summed E-state index contributed by atoms with van der Waals surface area (Å²) in [6, 6.07) is 0. The molecule has 3 rings (SSSR count). The lowest BCUT2D eigenvalue weighted by atomic mass is 9.63. The molecule has 0 bridgehead atoms. The minimum absolute atomic E-state index is 1.03. The summed E-state index contributed by atoms with van der Waals surface area (Å²) >= 11 is 4.49. The molecule has 0 aromatic heterocycles. The lowest BCUT2D eigenvalue weighted by molar-refractivity contribution is 0.0690. The van der Waals surface area contributed by atoms with Crippen LogP contribution in [0.5, 0.6) is 0 Å². The van der Waals surface area contributed by atoms with Crippen molar-refractivity contribution in [1.29, 1.82) is 0 Å². The van der Waals surface area contributed by atoms with Crippen molar-refractivity contribution in [2.75, 3.05) is 5.75 Å². The summed E-state index contributed by atoms with van der Waals surface area (Å²) in [4.78, 5) is 0. The number of thiol groups is 1. The fourth-order valence-electron chi connectivity index (χ4n) is 5.69. The van der Waals surface area contributed by atoms with Gasteiger partial charge in [-0.15, -0.1) is 0 Å². The van der Waals surface area contributed by atoms with Crippen LogP contribution in [0.3, 0.4) is 0 Å². The van der Waals surface area contributed by atoms with Crippen LogP contribution in [0.25, 0.3) is 0 Å². The molecule has 0 heterocycles. The summed E-state index contributed by atoms with van der Waals surface area (Å²) in [6.07, 6.45) is 13.6. The third kappa shape index (κ3) is 2.25. The third-order valence-corrected chi connectivity index (χ3v) is 6.85. The predicted molar refractivity (Wildman–Crippen MR) is 82.0 cm³/mol. The Morgan fingerprint density at radius 3 is 2.22 bits per heavy atom. The Hall–Kier alpha value is 0.350. The van der Waals surface area contributed by atoms with E-state index in [-0.39, 0.29) is 0 Å². The number of rotatable bonds is 4. The van der Waals surface area contributed by atoms with Gasteiger partial charge >= 0.3 is 0 Å². The Balaban J connectivity index is 1.75. The van der Waals surface area contributed by atoms with Crippen molar-refractivity contribution >= 4 is 12.6 Å². The predicted octanol–water partition coefficient (Wildman–Crippen LogP) is 5.19. The summed E-state index contributed by atoms with van der Waals surface area (Å²) in [6.45, 7) is 2.40. The van der Waals surface area contributed by atoms with Crippen LogP contribution in [-0.4, -0.2) is 5.75 Å². The molecule has 1 heteroatoms. The average molecular weight is 266 g/mol. The van der Waals surface area contributed by atoms with Crippen molar-refractivity contribution in [3.8, 4) is 0 Å². The topological polar surface area (TPSA) is 0 Å². The van der Waals surface area contributed by atoms with Crippen molar-refractivity contribution < 1.29 is 0 Å². The molecule has 6 unspecified atom stereocenters. The van der Waals surface area contributed by atoms with E-state index in [0.717, 1.165) is 41.3 Å². The Morgan fingerprint density at radius 1 is 0.833 bits per heavy atom. The molecule has 0 N–H and O–H groups in total.